The highest BCUT2D eigenvalue weighted by molar-refractivity contribution is 6.01. The van der Waals surface area contributed by atoms with Gasteiger partial charge in [0.05, 0.1) is 19.2 Å². The zero-order chi connectivity index (χ0) is 18.5. The molecule has 0 saturated heterocycles. The van der Waals surface area contributed by atoms with Crippen molar-refractivity contribution in [1.82, 2.24) is 5.32 Å². The molecular formula is C22H23NO3. The maximum absolute atomic E-state index is 12.5. The van der Waals surface area contributed by atoms with Gasteiger partial charge in [0.15, 0.2) is 0 Å². The number of rotatable bonds is 6. The van der Waals surface area contributed by atoms with Crippen LogP contribution in [0.2, 0.25) is 0 Å². The lowest BCUT2D eigenvalue weighted by atomic mass is 10.1. The van der Waals surface area contributed by atoms with E-state index < -0.39 is 0 Å². The van der Waals surface area contributed by atoms with Gasteiger partial charge in [0, 0.05) is 0 Å². The van der Waals surface area contributed by atoms with Crippen LogP contribution in [-0.4, -0.2) is 26.2 Å². The molecular weight excluding hydrogens is 326 g/mol. The monoisotopic (exact) mass is 349 g/mol. The lowest BCUT2D eigenvalue weighted by Crippen LogP contribution is -2.28. The molecule has 0 saturated carbocycles. The molecule has 1 amide bonds. The molecule has 3 aromatic rings. The second kappa shape index (κ2) is 7.91. The summed E-state index contributed by atoms with van der Waals surface area (Å²) >= 11 is 0. The average molecular weight is 349 g/mol. The first-order valence-electron chi connectivity index (χ1n) is 8.63. The molecule has 0 aliphatic rings. The largest absolute Gasteiger partial charge is 0.496 e. The highest BCUT2D eigenvalue weighted by atomic mass is 16.5. The van der Waals surface area contributed by atoms with Crippen LogP contribution in [0.3, 0.4) is 0 Å². The zero-order valence-electron chi connectivity index (χ0n) is 15.3. The van der Waals surface area contributed by atoms with E-state index in [-0.39, 0.29) is 5.91 Å². The first-order valence-corrected chi connectivity index (χ1v) is 8.63. The van der Waals surface area contributed by atoms with Crippen LogP contribution < -0.4 is 14.8 Å². The van der Waals surface area contributed by atoms with Gasteiger partial charge in [-0.1, -0.05) is 30.3 Å². The molecule has 0 spiro atoms. The Bertz CT molecular complexity index is 914. The summed E-state index contributed by atoms with van der Waals surface area (Å²) in [7, 11) is 1.57. The van der Waals surface area contributed by atoms with Crippen molar-refractivity contribution in [2.45, 2.75) is 13.8 Å². The molecule has 0 aliphatic heterocycles. The summed E-state index contributed by atoms with van der Waals surface area (Å²) in [5.41, 5.74) is 2.84. The predicted molar refractivity (Wildman–Crippen MR) is 104 cm³/mol. The van der Waals surface area contributed by atoms with Gasteiger partial charge in [0.2, 0.25) is 0 Å². The summed E-state index contributed by atoms with van der Waals surface area (Å²) in [4.78, 5) is 12.5. The molecule has 3 rings (SSSR count). The van der Waals surface area contributed by atoms with Crippen LogP contribution >= 0.6 is 0 Å². The van der Waals surface area contributed by atoms with Crippen molar-refractivity contribution in [2.24, 2.45) is 0 Å². The van der Waals surface area contributed by atoms with Crippen molar-refractivity contribution in [3.05, 3.63) is 71.3 Å². The number of nitrogens with one attached hydrogen (secondary N) is 1. The third-order valence-electron chi connectivity index (χ3n) is 4.16. The smallest absolute Gasteiger partial charge is 0.255 e. The Balaban J connectivity index is 1.63. The minimum atomic E-state index is -0.170. The number of aryl methyl sites for hydroxylation is 2. The molecule has 0 atom stereocenters. The molecule has 134 valence electrons. The molecule has 0 fully saturated rings. The number of fused-ring (bicyclic) bond motifs is 1. The van der Waals surface area contributed by atoms with E-state index in [4.69, 9.17) is 9.47 Å². The van der Waals surface area contributed by atoms with E-state index in [9.17, 15) is 4.79 Å². The number of hydrogen-bond donors (Lipinski definition) is 1. The fourth-order valence-electron chi connectivity index (χ4n) is 3.01. The van der Waals surface area contributed by atoms with Crippen LogP contribution in [0.25, 0.3) is 10.8 Å². The SMILES string of the molecule is COc1cc2ccccc2cc1C(=O)NCCOc1cc(C)cc(C)c1. The number of ether oxygens (including phenoxy) is 2. The van der Waals surface area contributed by atoms with Crippen LogP contribution in [0, 0.1) is 13.8 Å². The van der Waals surface area contributed by atoms with Crippen molar-refractivity contribution >= 4 is 16.7 Å². The molecule has 0 aromatic heterocycles. The van der Waals surface area contributed by atoms with Gasteiger partial charge < -0.3 is 14.8 Å². The summed E-state index contributed by atoms with van der Waals surface area (Å²) < 4.78 is 11.1. The normalized spacial score (nSPS) is 10.6. The minimum absolute atomic E-state index is 0.170. The van der Waals surface area contributed by atoms with E-state index in [1.165, 1.54) is 0 Å². The Morgan fingerprint density at radius 2 is 1.62 bits per heavy atom. The standard InChI is InChI=1S/C22H23NO3/c1-15-10-16(2)12-19(11-15)26-9-8-23-22(24)20-13-17-6-4-5-7-18(17)14-21(20)25-3/h4-7,10-14H,8-9H2,1-3H3,(H,23,24). The molecule has 0 radical (unpaired) electrons. The Labute approximate surface area is 153 Å². The number of hydrogen-bond acceptors (Lipinski definition) is 3. The summed E-state index contributed by atoms with van der Waals surface area (Å²) in [5, 5.41) is 4.94. The van der Waals surface area contributed by atoms with Gasteiger partial charge in [0.1, 0.15) is 18.1 Å². The first kappa shape index (κ1) is 17.8. The average Bonchev–Trinajstić information content (AvgIpc) is 2.63. The van der Waals surface area contributed by atoms with Gasteiger partial charge in [-0.25, -0.2) is 0 Å². The maximum Gasteiger partial charge on any atom is 0.255 e. The predicted octanol–water partition coefficient (Wildman–Crippen LogP) is 4.27. The summed E-state index contributed by atoms with van der Waals surface area (Å²) in [5.74, 6) is 1.22. The van der Waals surface area contributed by atoms with Gasteiger partial charge in [0.25, 0.3) is 5.91 Å². The van der Waals surface area contributed by atoms with Crippen molar-refractivity contribution in [3.63, 3.8) is 0 Å². The van der Waals surface area contributed by atoms with E-state index in [1.54, 1.807) is 7.11 Å². The van der Waals surface area contributed by atoms with Gasteiger partial charge in [-0.3, -0.25) is 4.79 Å². The van der Waals surface area contributed by atoms with E-state index in [0.29, 0.717) is 24.5 Å². The van der Waals surface area contributed by atoms with E-state index in [0.717, 1.165) is 27.6 Å². The molecule has 0 aliphatic carbocycles. The fraction of sp³-hybridized carbons (Fsp3) is 0.227. The minimum Gasteiger partial charge on any atom is -0.496 e. The fourth-order valence-corrected chi connectivity index (χ4v) is 3.01. The number of carbonyl (C=O) groups excluding carboxylic acids is 1. The number of carbonyl (C=O) groups is 1. The molecule has 0 unspecified atom stereocenters. The highest BCUT2D eigenvalue weighted by Crippen LogP contribution is 2.25. The molecule has 0 heterocycles. The lowest BCUT2D eigenvalue weighted by Gasteiger charge is -2.12. The third-order valence-corrected chi connectivity index (χ3v) is 4.16. The lowest BCUT2D eigenvalue weighted by molar-refractivity contribution is 0.0944. The van der Waals surface area contributed by atoms with E-state index in [2.05, 4.69) is 11.4 Å². The Hall–Kier alpha value is -3.01. The van der Waals surface area contributed by atoms with Crippen molar-refractivity contribution in [3.8, 4) is 11.5 Å². The van der Waals surface area contributed by atoms with Crippen molar-refractivity contribution < 1.29 is 14.3 Å². The maximum atomic E-state index is 12.5. The third kappa shape index (κ3) is 4.14. The summed E-state index contributed by atoms with van der Waals surface area (Å²) in [6.07, 6.45) is 0. The van der Waals surface area contributed by atoms with E-state index in [1.807, 2.05) is 62.4 Å². The van der Waals surface area contributed by atoms with Gasteiger partial charge >= 0.3 is 0 Å². The number of amides is 1. The quantitative estimate of drug-likeness (QED) is 0.676. The van der Waals surface area contributed by atoms with Crippen LogP contribution in [-0.2, 0) is 0 Å². The summed E-state index contributed by atoms with van der Waals surface area (Å²) in [6.45, 7) is 4.90. The van der Waals surface area contributed by atoms with Gasteiger partial charge in [-0.15, -0.1) is 0 Å². The zero-order valence-corrected chi connectivity index (χ0v) is 15.3. The molecule has 4 nitrogen and oxygen atoms in total. The van der Waals surface area contributed by atoms with Crippen LogP contribution in [0.15, 0.2) is 54.6 Å². The van der Waals surface area contributed by atoms with Crippen LogP contribution in [0.5, 0.6) is 11.5 Å². The highest BCUT2D eigenvalue weighted by Gasteiger charge is 2.13. The number of methoxy groups -OCH3 is 1. The molecule has 0 bridgehead atoms. The van der Waals surface area contributed by atoms with Crippen LogP contribution in [0.1, 0.15) is 21.5 Å². The Morgan fingerprint density at radius 3 is 2.27 bits per heavy atom. The first-order chi connectivity index (χ1) is 12.6. The molecule has 26 heavy (non-hydrogen) atoms. The van der Waals surface area contributed by atoms with Gasteiger partial charge in [-0.05, 0) is 60.0 Å². The van der Waals surface area contributed by atoms with E-state index >= 15 is 0 Å². The molecule has 4 heteroatoms. The van der Waals surface area contributed by atoms with Crippen LogP contribution in [0.4, 0.5) is 0 Å². The number of benzene rings is 3. The Morgan fingerprint density at radius 1 is 0.962 bits per heavy atom. The Kier molecular flexibility index (Phi) is 5.42. The van der Waals surface area contributed by atoms with Crippen molar-refractivity contribution in [2.75, 3.05) is 20.3 Å². The van der Waals surface area contributed by atoms with Crippen molar-refractivity contribution in [1.29, 1.82) is 0 Å². The second-order valence-corrected chi connectivity index (χ2v) is 6.33. The second-order valence-electron chi connectivity index (χ2n) is 6.33. The molecule has 3 aromatic carbocycles. The molecule has 1 N–H and O–H groups in total. The topological polar surface area (TPSA) is 47.6 Å². The van der Waals surface area contributed by atoms with Gasteiger partial charge in [-0.2, -0.15) is 0 Å². The summed E-state index contributed by atoms with van der Waals surface area (Å²) in [6, 6.07) is 17.7.